The summed E-state index contributed by atoms with van der Waals surface area (Å²) in [4.78, 5) is 23.3. The Bertz CT molecular complexity index is 691. The van der Waals surface area contributed by atoms with Gasteiger partial charge in [-0.2, -0.15) is 13.2 Å². The van der Waals surface area contributed by atoms with Crippen LogP contribution in [0.4, 0.5) is 23.7 Å². The van der Waals surface area contributed by atoms with Crippen molar-refractivity contribution < 1.29 is 37.3 Å². The summed E-state index contributed by atoms with van der Waals surface area (Å²) in [5.74, 6) is -0.479. The third kappa shape index (κ3) is 5.97. The first-order valence-electron chi connectivity index (χ1n) is 7.99. The molecule has 7 nitrogen and oxygen atoms in total. The van der Waals surface area contributed by atoms with Crippen molar-refractivity contribution in [2.75, 3.05) is 19.0 Å². The first kappa shape index (κ1) is 20.7. The Kier molecular flexibility index (Phi) is 6.81. The molecular formula is C17H19F3N2O5. The van der Waals surface area contributed by atoms with Gasteiger partial charge in [0.2, 0.25) is 0 Å². The molecule has 3 atom stereocenters. The van der Waals surface area contributed by atoms with E-state index in [0.717, 1.165) is 24.3 Å². The first-order chi connectivity index (χ1) is 12.7. The van der Waals surface area contributed by atoms with Crippen LogP contribution in [0, 0.1) is 0 Å². The number of anilines is 1. The number of alkyl halides is 3. The lowest BCUT2D eigenvalue weighted by molar-refractivity contribution is -0.145. The Balaban J connectivity index is 1.94. The molecule has 0 aromatic heterocycles. The van der Waals surface area contributed by atoms with Gasteiger partial charge in [-0.1, -0.05) is 12.2 Å². The molecule has 0 saturated carbocycles. The second-order valence-electron chi connectivity index (χ2n) is 5.76. The van der Waals surface area contributed by atoms with Gasteiger partial charge in [-0.25, -0.2) is 4.79 Å². The number of esters is 1. The Morgan fingerprint density at radius 2 is 1.89 bits per heavy atom. The van der Waals surface area contributed by atoms with Gasteiger partial charge in [-0.15, -0.1) is 0 Å². The molecule has 0 bridgehead atoms. The van der Waals surface area contributed by atoms with E-state index in [1.807, 2.05) is 0 Å². The van der Waals surface area contributed by atoms with E-state index in [4.69, 9.17) is 4.74 Å². The molecule has 1 aromatic rings. The summed E-state index contributed by atoms with van der Waals surface area (Å²) in [6.45, 7) is -0.409. The predicted octanol–water partition coefficient (Wildman–Crippen LogP) is 2.07. The Hall–Kier alpha value is -2.59. The highest BCUT2D eigenvalue weighted by Crippen LogP contribution is 2.29. The number of hydrogen-bond donors (Lipinski definition) is 3. The van der Waals surface area contributed by atoms with Crippen LogP contribution < -0.4 is 10.6 Å². The van der Waals surface area contributed by atoms with Crippen LogP contribution in [0.5, 0.6) is 0 Å². The van der Waals surface area contributed by atoms with E-state index in [0.29, 0.717) is 0 Å². The van der Waals surface area contributed by atoms with E-state index < -0.39 is 48.6 Å². The third-order valence-corrected chi connectivity index (χ3v) is 3.83. The summed E-state index contributed by atoms with van der Waals surface area (Å²) in [5, 5.41) is 14.4. The van der Waals surface area contributed by atoms with Gasteiger partial charge in [0.1, 0.15) is 6.10 Å². The molecule has 1 aliphatic rings. The fourth-order valence-corrected chi connectivity index (χ4v) is 2.44. The molecule has 1 aromatic carbocycles. The number of nitrogens with one attached hydrogen (secondary N) is 2. The average molecular weight is 388 g/mol. The lowest BCUT2D eigenvalue weighted by Gasteiger charge is -2.31. The summed E-state index contributed by atoms with van der Waals surface area (Å²) < 4.78 is 47.7. The van der Waals surface area contributed by atoms with Crippen molar-refractivity contribution in [1.29, 1.82) is 0 Å². The highest BCUT2D eigenvalue weighted by Gasteiger charge is 2.31. The number of ether oxygens (including phenoxy) is 2. The SMILES string of the molecule is COC(=O)C[C@@H]1C=C[C@H](NC(=O)Nc2ccc(C(F)(F)F)cc2)[C@@H](CO)O1. The molecule has 0 fully saturated rings. The van der Waals surface area contributed by atoms with E-state index in [1.165, 1.54) is 7.11 Å². The molecule has 1 aliphatic heterocycles. The van der Waals surface area contributed by atoms with E-state index in [2.05, 4.69) is 15.4 Å². The zero-order valence-corrected chi connectivity index (χ0v) is 14.3. The van der Waals surface area contributed by atoms with Crippen LogP contribution >= 0.6 is 0 Å². The minimum Gasteiger partial charge on any atom is -0.469 e. The summed E-state index contributed by atoms with van der Waals surface area (Å²) in [7, 11) is 1.24. The van der Waals surface area contributed by atoms with Gasteiger partial charge in [-0.05, 0) is 24.3 Å². The van der Waals surface area contributed by atoms with Crippen LogP contribution in [0.25, 0.3) is 0 Å². The van der Waals surface area contributed by atoms with Crippen molar-refractivity contribution in [2.45, 2.75) is 30.8 Å². The number of benzene rings is 1. The molecule has 2 rings (SSSR count). The highest BCUT2D eigenvalue weighted by atomic mass is 19.4. The zero-order chi connectivity index (χ0) is 20.0. The summed E-state index contributed by atoms with van der Waals surface area (Å²) in [6, 6.07) is 2.61. The number of amides is 2. The number of hydrogen-bond acceptors (Lipinski definition) is 5. The summed E-state index contributed by atoms with van der Waals surface area (Å²) in [5.41, 5.74) is -0.653. The van der Waals surface area contributed by atoms with Crippen LogP contribution in [-0.4, -0.2) is 49.1 Å². The number of urea groups is 1. The largest absolute Gasteiger partial charge is 0.469 e. The van der Waals surface area contributed by atoms with Gasteiger partial charge < -0.3 is 25.2 Å². The van der Waals surface area contributed by atoms with Gasteiger partial charge in [-0.3, -0.25) is 4.79 Å². The van der Waals surface area contributed by atoms with Crippen LogP contribution in [0.15, 0.2) is 36.4 Å². The maximum atomic E-state index is 12.5. The molecule has 3 N–H and O–H groups in total. The normalized spacial score (nSPS) is 22.2. The summed E-state index contributed by atoms with van der Waals surface area (Å²) in [6.07, 6.45) is -2.74. The van der Waals surface area contributed by atoms with E-state index in [-0.39, 0.29) is 12.1 Å². The number of aliphatic hydroxyl groups excluding tert-OH is 1. The van der Waals surface area contributed by atoms with Crippen LogP contribution in [-0.2, 0) is 20.4 Å². The number of carbonyl (C=O) groups is 2. The molecule has 1 heterocycles. The van der Waals surface area contributed by atoms with Gasteiger partial charge in [0.25, 0.3) is 0 Å². The first-order valence-corrected chi connectivity index (χ1v) is 7.99. The minimum absolute atomic E-state index is 0.0338. The predicted molar refractivity (Wildman–Crippen MR) is 88.9 cm³/mol. The minimum atomic E-state index is -4.46. The molecule has 10 heteroatoms. The fraction of sp³-hybridized carbons (Fsp3) is 0.412. The third-order valence-electron chi connectivity index (χ3n) is 3.83. The van der Waals surface area contributed by atoms with Gasteiger partial charge in [0.15, 0.2) is 0 Å². The topological polar surface area (TPSA) is 96.9 Å². The Labute approximate surface area is 153 Å². The fourth-order valence-electron chi connectivity index (χ4n) is 2.44. The number of rotatable bonds is 5. The maximum Gasteiger partial charge on any atom is 0.416 e. The second kappa shape index (κ2) is 8.87. The molecule has 2 amide bonds. The quantitative estimate of drug-likeness (QED) is 0.530. The smallest absolute Gasteiger partial charge is 0.416 e. The molecule has 0 unspecified atom stereocenters. The monoisotopic (exact) mass is 388 g/mol. The Morgan fingerprint density at radius 1 is 1.22 bits per heavy atom. The summed E-state index contributed by atoms with van der Waals surface area (Å²) >= 11 is 0. The lowest BCUT2D eigenvalue weighted by atomic mass is 10.1. The van der Waals surface area contributed by atoms with Crippen molar-refractivity contribution in [3.8, 4) is 0 Å². The maximum absolute atomic E-state index is 12.5. The van der Waals surface area contributed by atoms with Crippen molar-refractivity contribution >= 4 is 17.7 Å². The van der Waals surface area contributed by atoms with E-state index in [9.17, 15) is 27.9 Å². The van der Waals surface area contributed by atoms with Crippen LogP contribution in [0.1, 0.15) is 12.0 Å². The van der Waals surface area contributed by atoms with Gasteiger partial charge >= 0.3 is 18.2 Å². The Morgan fingerprint density at radius 3 is 2.44 bits per heavy atom. The number of carbonyl (C=O) groups excluding carboxylic acids is 2. The number of methoxy groups -OCH3 is 1. The molecule has 0 spiro atoms. The molecule has 27 heavy (non-hydrogen) atoms. The second-order valence-corrected chi connectivity index (χ2v) is 5.76. The number of aliphatic hydroxyl groups is 1. The van der Waals surface area contributed by atoms with Gasteiger partial charge in [0, 0.05) is 5.69 Å². The standard InChI is InChI=1S/C17H19F3N2O5/c1-26-15(24)8-12-6-7-13(14(9-23)27-12)22-16(25)21-11-4-2-10(3-5-11)17(18,19)20/h2-7,12-14,23H,8-9H2,1H3,(H2,21,22,25)/t12-,13-,14+/m0/s1. The van der Waals surface area contributed by atoms with E-state index in [1.54, 1.807) is 12.2 Å². The molecule has 0 radical (unpaired) electrons. The lowest BCUT2D eigenvalue weighted by Crippen LogP contribution is -2.49. The van der Waals surface area contributed by atoms with E-state index >= 15 is 0 Å². The molecule has 0 aliphatic carbocycles. The molecule has 148 valence electrons. The molecular weight excluding hydrogens is 369 g/mol. The van der Waals surface area contributed by atoms with Crippen molar-refractivity contribution in [3.05, 3.63) is 42.0 Å². The average Bonchev–Trinajstić information content (AvgIpc) is 2.62. The number of halogens is 3. The highest BCUT2D eigenvalue weighted by molar-refractivity contribution is 5.89. The van der Waals surface area contributed by atoms with Gasteiger partial charge in [0.05, 0.1) is 37.8 Å². The van der Waals surface area contributed by atoms with Crippen LogP contribution in [0.3, 0.4) is 0 Å². The molecule has 0 saturated heterocycles. The van der Waals surface area contributed by atoms with Crippen molar-refractivity contribution in [1.82, 2.24) is 5.32 Å². The zero-order valence-electron chi connectivity index (χ0n) is 14.3. The van der Waals surface area contributed by atoms with Crippen LogP contribution in [0.2, 0.25) is 0 Å². The van der Waals surface area contributed by atoms with Crippen molar-refractivity contribution in [2.24, 2.45) is 0 Å². The van der Waals surface area contributed by atoms with Crippen molar-refractivity contribution in [3.63, 3.8) is 0 Å².